The van der Waals surface area contributed by atoms with Crippen LogP contribution in [0, 0.1) is 12.7 Å². The van der Waals surface area contributed by atoms with E-state index in [1.54, 1.807) is 48.1 Å². The minimum Gasteiger partial charge on any atom is -0.388 e. The average Bonchev–Trinajstić information content (AvgIpc) is 3.49. The molecule has 184 valence electrons. The Bertz CT molecular complexity index is 1490. The van der Waals surface area contributed by atoms with Crippen LogP contribution in [-0.2, 0) is 6.54 Å². The van der Waals surface area contributed by atoms with Crippen molar-refractivity contribution in [2.45, 2.75) is 32.2 Å². The number of rotatable bonds is 4. The van der Waals surface area contributed by atoms with E-state index < -0.39 is 12.3 Å². The molecule has 0 aliphatic carbocycles. The van der Waals surface area contributed by atoms with E-state index in [9.17, 15) is 18.7 Å². The lowest BCUT2D eigenvalue weighted by atomic mass is 9.99. The maximum Gasteiger partial charge on any atom is 0.254 e. The standard InChI is InChI=1S/C26H24F2N6O2/c1-14-6-9-34-20(12-30-25(34)24(14)28)16-3-4-19(23-17(16)11-31-26(23)36)32-22-5-2-15(10-29-22)33-8-7-18(27)21(35)13-33/h2-6,9-10,12,18,21,35H,7-8,11,13H2,1H3,(H,29,32)(H,31,36)/t18-,21-/m0/s1. The molecule has 4 aromatic rings. The monoisotopic (exact) mass is 490 g/mol. The number of nitrogens with zero attached hydrogens (tertiary/aromatic N) is 4. The Hall–Kier alpha value is -4.05. The average molecular weight is 491 g/mol. The zero-order valence-electron chi connectivity index (χ0n) is 19.5. The minimum absolute atomic E-state index is 0.204. The van der Waals surface area contributed by atoms with Crippen LogP contribution in [0.5, 0.6) is 0 Å². The summed E-state index contributed by atoms with van der Waals surface area (Å²) in [7, 11) is 0. The summed E-state index contributed by atoms with van der Waals surface area (Å²) in [5, 5.41) is 15.9. The van der Waals surface area contributed by atoms with Crippen LogP contribution in [0.2, 0.25) is 0 Å². The van der Waals surface area contributed by atoms with Crippen LogP contribution in [0.25, 0.3) is 16.9 Å². The molecular weight excluding hydrogens is 466 g/mol. The van der Waals surface area contributed by atoms with Gasteiger partial charge in [-0.2, -0.15) is 0 Å². The summed E-state index contributed by atoms with van der Waals surface area (Å²) in [6.45, 7) is 2.77. The van der Waals surface area contributed by atoms with Crippen LogP contribution in [0.4, 0.5) is 26.0 Å². The van der Waals surface area contributed by atoms with Crippen molar-refractivity contribution >= 4 is 28.7 Å². The molecule has 8 nitrogen and oxygen atoms in total. The van der Waals surface area contributed by atoms with Gasteiger partial charge in [0, 0.05) is 31.4 Å². The second-order valence-corrected chi connectivity index (χ2v) is 9.19. The number of benzene rings is 1. The Morgan fingerprint density at radius 2 is 2.03 bits per heavy atom. The number of fused-ring (bicyclic) bond motifs is 2. The first-order valence-corrected chi connectivity index (χ1v) is 11.8. The fraction of sp³-hybridized carbons (Fsp3) is 0.269. The number of carbonyl (C=O) groups is 1. The number of hydrogen-bond acceptors (Lipinski definition) is 6. The molecule has 5 heterocycles. The SMILES string of the molecule is Cc1ccn2c(-c3ccc(Nc4ccc(N5CC[C@H](F)[C@@H](O)C5)cn4)c4c3CNC4=O)cnc2c1F. The van der Waals surface area contributed by atoms with Gasteiger partial charge in [0.25, 0.3) is 5.91 Å². The molecule has 10 heteroatoms. The summed E-state index contributed by atoms with van der Waals surface area (Å²) in [4.78, 5) is 23.4. The number of aliphatic hydroxyl groups is 1. The molecule has 6 rings (SSSR count). The second kappa shape index (κ2) is 8.56. The highest BCUT2D eigenvalue weighted by Gasteiger charge is 2.29. The molecule has 2 aliphatic rings. The number of hydrogen-bond donors (Lipinski definition) is 3. The fourth-order valence-corrected chi connectivity index (χ4v) is 4.92. The first kappa shape index (κ1) is 22.4. The molecule has 3 N–H and O–H groups in total. The molecule has 0 saturated carbocycles. The van der Waals surface area contributed by atoms with Gasteiger partial charge in [-0.3, -0.25) is 9.20 Å². The third-order valence-corrected chi connectivity index (χ3v) is 6.93. The number of halogens is 2. The molecule has 36 heavy (non-hydrogen) atoms. The van der Waals surface area contributed by atoms with Crippen molar-refractivity contribution in [3.8, 4) is 11.3 Å². The molecule has 0 radical (unpaired) electrons. The smallest absolute Gasteiger partial charge is 0.254 e. The number of pyridine rings is 2. The molecule has 3 aromatic heterocycles. The molecule has 1 amide bonds. The van der Waals surface area contributed by atoms with Crippen molar-refractivity contribution in [3.05, 3.63) is 71.4 Å². The Kier molecular flexibility index (Phi) is 5.33. The number of imidazole rings is 1. The fourth-order valence-electron chi connectivity index (χ4n) is 4.92. The molecular formula is C26H24F2N6O2. The van der Waals surface area contributed by atoms with E-state index in [2.05, 4.69) is 20.6 Å². The number of aryl methyl sites for hydroxylation is 1. The number of β-amino-alcohol motifs (C(OH)–C–C–N with tert-alkyl or cyclic N) is 1. The van der Waals surface area contributed by atoms with Gasteiger partial charge >= 0.3 is 0 Å². The Balaban J connectivity index is 1.31. The van der Waals surface area contributed by atoms with E-state index in [0.29, 0.717) is 41.4 Å². The van der Waals surface area contributed by atoms with Crippen LogP contribution < -0.4 is 15.5 Å². The highest BCUT2D eigenvalue weighted by atomic mass is 19.1. The van der Waals surface area contributed by atoms with E-state index in [4.69, 9.17) is 0 Å². The van der Waals surface area contributed by atoms with Gasteiger partial charge in [-0.25, -0.2) is 18.7 Å². The van der Waals surface area contributed by atoms with Crippen LogP contribution in [0.15, 0.2) is 48.9 Å². The van der Waals surface area contributed by atoms with E-state index >= 15 is 0 Å². The molecule has 0 bridgehead atoms. The molecule has 1 saturated heterocycles. The van der Waals surface area contributed by atoms with Crippen molar-refractivity contribution in [1.82, 2.24) is 19.7 Å². The number of aromatic nitrogens is 3. The van der Waals surface area contributed by atoms with Crippen LogP contribution in [-0.4, -0.2) is 50.7 Å². The number of alkyl halides is 1. The number of nitrogens with one attached hydrogen (secondary N) is 2. The predicted molar refractivity (Wildman–Crippen MR) is 132 cm³/mol. The molecule has 0 unspecified atom stereocenters. The van der Waals surface area contributed by atoms with Crippen LogP contribution >= 0.6 is 0 Å². The second-order valence-electron chi connectivity index (χ2n) is 9.19. The number of anilines is 3. The third kappa shape index (κ3) is 3.65. The lowest BCUT2D eigenvalue weighted by Gasteiger charge is -2.33. The van der Waals surface area contributed by atoms with Crippen molar-refractivity contribution in [2.24, 2.45) is 0 Å². The van der Waals surface area contributed by atoms with E-state index in [0.717, 1.165) is 16.8 Å². The third-order valence-electron chi connectivity index (χ3n) is 6.93. The molecule has 2 aliphatic heterocycles. The summed E-state index contributed by atoms with van der Waals surface area (Å²) in [5.41, 5.74) is 4.95. The topological polar surface area (TPSA) is 94.8 Å². The van der Waals surface area contributed by atoms with Gasteiger partial charge in [0.1, 0.15) is 18.1 Å². The number of piperidine rings is 1. The number of aliphatic hydroxyl groups excluding tert-OH is 1. The van der Waals surface area contributed by atoms with Gasteiger partial charge in [-0.05, 0) is 48.7 Å². The van der Waals surface area contributed by atoms with Crippen molar-refractivity contribution in [2.75, 3.05) is 23.3 Å². The Labute approximate surface area is 205 Å². The Morgan fingerprint density at radius 3 is 2.81 bits per heavy atom. The maximum absolute atomic E-state index is 14.6. The van der Waals surface area contributed by atoms with Crippen LogP contribution in [0.3, 0.4) is 0 Å². The zero-order chi connectivity index (χ0) is 25.0. The number of carbonyl (C=O) groups excluding carboxylic acids is 1. The van der Waals surface area contributed by atoms with Gasteiger partial charge in [-0.15, -0.1) is 0 Å². The first-order chi connectivity index (χ1) is 17.4. The van der Waals surface area contributed by atoms with Crippen molar-refractivity contribution < 1.29 is 18.7 Å². The lowest BCUT2D eigenvalue weighted by Crippen LogP contribution is -2.45. The van der Waals surface area contributed by atoms with Crippen molar-refractivity contribution in [3.63, 3.8) is 0 Å². The van der Waals surface area contributed by atoms with Gasteiger partial charge < -0.3 is 20.6 Å². The Morgan fingerprint density at radius 1 is 1.17 bits per heavy atom. The van der Waals surface area contributed by atoms with Gasteiger partial charge in [0.05, 0.1) is 35.0 Å². The number of amides is 1. The highest BCUT2D eigenvalue weighted by molar-refractivity contribution is 6.06. The predicted octanol–water partition coefficient (Wildman–Crippen LogP) is 3.74. The molecule has 0 spiro atoms. The molecule has 1 fully saturated rings. The minimum atomic E-state index is -1.20. The maximum atomic E-state index is 14.6. The zero-order valence-corrected chi connectivity index (χ0v) is 19.5. The van der Waals surface area contributed by atoms with E-state index in [-0.39, 0.29) is 30.3 Å². The van der Waals surface area contributed by atoms with E-state index in [1.165, 1.54) is 0 Å². The first-order valence-electron chi connectivity index (χ1n) is 11.8. The summed E-state index contributed by atoms with van der Waals surface area (Å²) in [6.07, 6.45) is 3.12. The van der Waals surface area contributed by atoms with Gasteiger partial charge in [0.2, 0.25) is 0 Å². The lowest BCUT2D eigenvalue weighted by molar-refractivity contribution is 0.0645. The quantitative estimate of drug-likeness (QED) is 0.404. The van der Waals surface area contributed by atoms with Gasteiger partial charge in [0.15, 0.2) is 11.5 Å². The van der Waals surface area contributed by atoms with E-state index in [1.807, 2.05) is 17.0 Å². The summed E-state index contributed by atoms with van der Waals surface area (Å²) >= 11 is 0. The van der Waals surface area contributed by atoms with Crippen LogP contribution in [0.1, 0.15) is 27.9 Å². The molecule has 1 aromatic carbocycles. The van der Waals surface area contributed by atoms with Gasteiger partial charge in [-0.1, -0.05) is 6.07 Å². The normalized spacial score (nSPS) is 19.4. The summed E-state index contributed by atoms with van der Waals surface area (Å²) in [6, 6.07) is 9.03. The van der Waals surface area contributed by atoms with Crippen molar-refractivity contribution in [1.29, 1.82) is 0 Å². The highest BCUT2D eigenvalue weighted by Crippen LogP contribution is 2.36. The molecule has 2 atom stereocenters. The summed E-state index contributed by atoms with van der Waals surface area (Å²) in [5.74, 6) is -0.0300. The largest absolute Gasteiger partial charge is 0.388 e. The summed E-state index contributed by atoms with van der Waals surface area (Å²) < 4.78 is 29.8.